The molecule has 0 spiro atoms. The molecule has 0 aromatic rings. The Balaban J connectivity index is 2.34. The molecule has 0 aromatic heterocycles. The van der Waals surface area contributed by atoms with E-state index in [1.165, 1.54) is 0 Å². The number of nitrogens with zero attached hydrogens (tertiary/aromatic N) is 2. The van der Waals surface area contributed by atoms with Crippen LogP contribution in [-0.4, -0.2) is 69.2 Å². The third-order valence-corrected chi connectivity index (χ3v) is 3.07. The molecular formula is C12H25N3O2. The van der Waals surface area contributed by atoms with Crippen LogP contribution < -0.4 is 5.73 Å². The third kappa shape index (κ3) is 5.02. The molecule has 2 unspecified atom stereocenters. The molecule has 1 aliphatic carbocycles. The SMILES string of the molecule is COCCN(CCCN(C)C)C(=O)C1CC1N. The van der Waals surface area contributed by atoms with Crippen molar-refractivity contribution >= 4 is 5.91 Å². The van der Waals surface area contributed by atoms with E-state index in [1.807, 2.05) is 19.0 Å². The van der Waals surface area contributed by atoms with E-state index in [1.54, 1.807) is 7.11 Å². The van der Waals surface area contributed by atoms with Crippen molar-refractivity contribution < 1.29 is 9.53 Å². The Hall–Kier alpha value is -0.650. The minimum Gasteiger partial charge on any atom is -0.383 e. The second kappa shape index (κ2) is 6.93. The molecule has 1 aliphatic rings. The normalized spacial score (nSPS) is 22.9. The second-order valence-electron chi connectivity index (χ2n) is 4.98. The van der Waals surface area contributed by atoms with Crippen LogP contribution in [0.1, 0.15) is 12.8 Å². The Morgan fingerprint density at radius 3 is 2.47 bits per heavy atom. The molecule has 0 aliphatic heterocycles. The molecule has 0 heterocycles. The monoisotopic (exact) mass is 243 g/mol. The lowest BCUT2D eigenvalue weighted by molar-refractivity contribution is -0.133. The van der Waals surface area contributed by atoms with Gasteiger partial charge in [0.2, 0.25) is 5.91 Å². The maximum absolute atomic E-state index is 12.1. The minimum atomic E-state index is 0.0613. The summed E-state index contributed by atoms with van der Waals surface area (Å²) in [5, 5.41) is 0. The Labute approximate surface area is 104 Å². The smallest absolute Gasteiger partial charge is 0.227 e. The highest BCUT2D eigenvalue weighted by Crippen LogP contribution is 2.29. The summed E-state index contributed by atoms with van der Waals surface area (Å²) in [7, 11) is 5.74. The van der Waals surface area contributed by atoms with Crippen LogP contribution in [0, 0.1) is 5.92 Å². The molecule has 1 amide bonds. The minimum absolute atomic E-state index is 0.0613. The molecule has 2 N–H and O–H groups in total. The van der Waals surface area contributed by atoms with Gasteiger partial charge in [0.1, 0.15) is 0 Å². The summed E-state index contributed by atoms with van der Waals surface area (Å²) < 4.78 is 5.04. The number of ether oxygens (including phenoxy) is 1. The molecule has 0 saturated heterocycles. The summed E-state index contributed by atoms with van der Waals surface area (Å²) in [4.78, 5) is 16.1. The van der Waals surface area contributed by atoms with Gasteiger partial charge in [-0.25, -0.2) is 0 Å². The number of carbonyl (C=O) groups is 1. The largest absolute Gasteiger partial charge is 0.383 e. The molecule has 2 atom stereocenters. The quantitative estimate of drug-likeness (QED) is 0.639. The van der Waals surface area contributed by atoms with E-state index in [2.05, 4.69) is 4.90 Å². The van der Waals surface area contributed by atoms with E-state index in [4.69, 9.17) is 10.5 Å². The summed E-state index contributed by atoms with van der Waals surface area (Å²) in [5.74, 6) is 0.263. The summed E-state index contributed by atoms with van der Waals surface area (Å²) in [6, 6.07) is 0.0846. The molecule has 1 fully saturated rings. The summed E-state index contributed by atoms with van der Waals surface area (Å²) >= 11 is 0. The molecule has 0 aromatic carbocycles. The summed E-state index contributed by atoms with van der Waals surface area (Å²) in [5.41, 5.74) is 5.72. The average Bonchev–Trinajstić information content (AvgIpc) is 2.99. The van der Waals surface area contributed by atoms with Gasteiger partial charge in [-0.3, -0.25) is 4.79 Å². The van der Waals surface area contributed by atoms with Crippen molar-refractivity contribution in [2.75, 3.05) is 47.4 Å². The van der Waals surface area contributed by atoms with Crippen LogP contribution in [0.2, 0.25) is 0 Å². The van der Waals surface area contributed by atoms with Crippen LogP contribution in [0.15, 0.2) is 0 Å². The zero-order valence-electron chi connectivity index (χ0n) is 11.2. The van der Waals surface area contributed by atoms with E-state index in [9.17, 15) is 4.79 Å². The van der Waals surface area contributed by atoms with Crippen molar-refractivity contribution in [2.45, 2.75) is 18.9 Å². The predicted molar refractivity (Wildman–Crippen MR) is 67.7 cm³/mol. The van der Waals surface area contributed by atoms with Crippen molar-refractivity contribution in [3.8, 4) is 0 Å². The van der Waals surface area contributed by atoms with E-state index >= 15 is 0 Å². The van der Waals surface area contributed by atoms with Gasteiger partial charge in [0.05, 0.1) is 12.5 Å². The van der Waals surface area contributed by atoms with Crippen LogP contribution in [0.5, 0.6) is 0 Å². The van der Waals surface area contributed by atoms with Gasteiger partial charge in [-0.05, 0) is 33.5 Å². The molecule has 1 rings (SSSR count). The first kappa shape index (κ1) is 14.4. The van der Waals surface area contributed by atoms with Crippen LogP contribution in [0.3, 0.4) is 0 Å². The third-order valence-electron chi connectivity index (χ3n) is 3.07. The molecule has 0 bridgehead atoms. The fourth-order valence-electron chi connectivity index (χ4n) is 1.84. The Morgan fingerprint density at radius 1 is 1.35 bits per heavy atom. The fourth-order valence-corrected chi connectivity index (χ4v) is 1.84. The van der Waals surface area contributed by atoms with Gasteiger partial charge in [-0.2, -0.15) is 0 Å². The van der Waals surface area contributed by atoms with E-state index in [0.29, 0.717) is 13.2 Å². The van der Waals surface area contributed by atoms with E-state index < -0.39 is 0 Å². The van der Waals surface area contributed by atoms with E-state index in [0.717, 1.165) is 25.9 Å². The van der Waals surface area contributed by atoms with Crippen molar-refractivity contribution in [3.63, 3.8) is 0 Å². The molecule has 5 nitrogen and oxygen atoms in total. The first-order chi connectivity index (χ1) is 8.06. The Bertz CT molecular complexity index is 246. The Kier molecular flexibility index (Phi) is 5.88. The van der Waals surface area contributed by atoms with Gasteiger partial charge in [-0.15, -0.1) is 0 Å². The molecule has 0 radical (unpaired) electrons. The predicted octanol–water partition coefficient (Wildman–Crippen LogP) is -0.240. The summed E-state index contributed by atoms with van der Waals surface area (Å²) in [6.45, 7) is 3.05. The molecule has 1 saturated carbocycles. The average molecular weight is 243 g/mol. The van der Waals surface area contributed by atoms with Crippen LogP contribution >= 0.6 is 0 Å². The van der Waals surface area contributed by atoms with Crippen molar-refractivity contribution in [3.05, 3.63) is 0 Å². The number of amides is 1. The standard InChI is InChI=1S/C12H25N3O2/c1-14(2)5-4-6-15(7-8-17-3)12(16)10-9-11(10)13/h10-11H,4-9,13H2,1-3H3. The van der Waals surface area contributed by atoms with E-state index in [-0.39, 0.29) is 17.9 Å². The molecule has 17 heavy (non-hydrogen) atoms. The lowest BCUT2D eigenvalue weighted by Gasteiger charge is -2.23. The zero-order chi connectivity index (χ0) is 12.8. The maximum Gasteiger partial charge on any atom is 0.227 e. The highest BCUT2D eigenvalue weighted by Gasteiger charge is 2.42. The number of hydrogen-bond acceptors (Lipinski definition) is 4. The molecule has 5 heteroatoms. The topological polar surface area (TPSA) is 58.8 Å². The van der Waals surface area contributed by atoms with Crippen LogP contribution in [0.4, 0.5) is 0 Å². The first-order valence-corrected chi connectivity index (χ1v) is 6.24. The number of nitrogens with two attached hydrogens (primary N) is 1. The van der Waals surface area contributed by atoms with Crippen molar-refractivity contribution in [2.24, 2.45) is 11.7 Å². The van der Waals surface area contributed by atoms with Crippen LogP contribution in [-0.2, 0) is 9.53 Å². The highest BCUT2D eigenvalue weighted by molar-refractivity contribution is 5.82. The van der Waals surface area contributed by atoms with Crippen molar-refractivity contribution in [1.29, 1.82) is 0 Å². The first-order valence-electron chi connectivity index (χ1n) is 6.24. The molecule has 100 valence electrons. The Morgan fingerprint density at radius 2 is 2.00 bits per heavy atom. The van der Waals surface area contributed by atoms with Gasteiger partial charge < -0.3 is 20.3 Å². The number of hydrogen-bond donors (Lipinski definition) is 1. The van der Waals surface area contributed by atoms with Gasteiger partial charge in [0.15, 0.2) is 0 Å². The lowest BCUT2D eigenvalue weighted by atomic mass is 10.3. The van der Waals surface area contributed by atoms with Crippen LogP contribution in [0.25, 0.3) is 0 Å². The second-order valence-corrected chi connectivity index (χ2v) is 4.98. The van der Waals surface area contributed by atoms with Gasteiger partial charge in [0.25, 0.3) is 0 Å². The lowest BCUT2D eigenvalue weighted by Crippen LogP contribution is -2.38. The van der Waals surface area contributed by atoms with Gasteiger partial charge in [0, 0.05) is 26.2 Å². The molecular weight excluding hydrogens is 218 g/mol. The fraction of sp³-hybridized carbons (Fsp3) is 0.917. The summed E-state index contributed by atoms with van der Waals surface area (Å²) in [6.07, 6.45) is 1.83. The van der Waals surface area contributed by atoms with Gasteiger partial charge >= 0.3 is 0 Å². The number of rotatable bonds is 8. The zero-order valence-corrected chi connectivity index (χ0v) is 11.2. The van der Waals surface area contributed by atoms with Crippen molar-refractivity contribution in [1.82, 2.24) is 9.80 Å². The highest BCUT2D eigenvalue weighted by atomic mass is 16.5. The number of methoxy groups -OCH3 is 1. The maximum atomic E-state index is 12.1. The number of carbonyl (C=O) groups excluding carboxylic acids is 1. The van der Waals surface area contributed by atoms with Gasteiger partial charge in [-0.1, -0.05) is 0 Å².